The maximum Gasteiger partial charge on any atom is 0.337 e. The van der Waals surface area contributed by atoms with Gasteiger partial charge in [-0.15, -0.1) is 0 Å². The van der Waals surface area contributed by atoms with Gasteiger partial charge in [-0.2, -0.15) is 0 Å². The lowest BCUT2D eigenvalue weighted by Gasteiger charge is -2.34. The monoisotopic (exact) mass is 367 g/mol. The molecule has 5 heteroatoms. The minimum Gasteiger partial charge on any atom is -0.491 e. The number of carbonyl (C=O) groups excluding carboxylic acids is 1. The third-order valence-corrected chi connectivity index (χ3v) is 4.69. The second-order valence-corrected chi connectivity index (χ2v) is 6.64. The van der Waals surface area contributed by atoms with Crippen LogP contribution in [0, 0.1) is 5.92 Å². The smallest absolute Gasteiger partial charge is 0.337 e. The summed E-state index contributed by atoms with van der Waals surface area (Å²) in [6, 6.07) is 19.9. The van der Waals surface area contributed by atoms with Gasteiger partial charge in [0.1, 0.15) is 12.4 Å². The summed E-state index contributed by atoms with van der Waals surface area (Å²) >= 11 is 0. The summed E-state index contributed by atoms with van der Waals surface area (Å²) in [4.78, 5) is 14.5. The summed E-state index contributed by atoms with van der Waals surface area (Å²) in [6.07, 6.45) is 0. The average Bonchev–Trinajstić information content (AvgIpc) is 2.72. The van der Waals surface area contributed by atoms with Crippen LogP contribution in [0.4, 0.5) is 0 Å². The molecule has 5 nitrogen and oxygen atoms in total. The molecule has 1 aliphatic rings. The van der Waals surface area contributed by atoms with E-state index in [4.69, 9.17) is 9.47 Å². The van der Waals surface area contributed by atoms with E-state index in [0.29, 0.717) is 31.0 Å². The fraction of sp³-hybridized carbons (Fsp3) is 0.318. The van der Waals surface area contributed by atoms with Gasteiger partial charge in [0.05, 0.1) is 25.8 Å². The largest absolute Gasteiger partial charge is 0.491 e. The molecule has 142 valence electrons. The first-order valence-electron chi connectivity index (χ1n) is 9.06. The van der Waals surface area contributed by atoms with E-state index in [1.165, 1.54) is 12.7 Å². The highest BCUT2D eigenvalue weighted by Crippen LogP contribution is 2.27. The lowest BCUT2D eigenvalue weighted by molar-refractivity contribution is -0.137. The van der Waals surface area contributed by atoms with Crippen molar-refractivity contribution in [2.75, 3.05) is 26.8 Å². The van der Waals surface area contributed by atoms with Crippen molar-refractivity contribution in [1.82, 2.24) is 4.90 Å². The van der Waals surface area contributed by atoms with Gasteiger partial charge in [-0.3, -0.25) is 4.90 Å². The van der Waals surface area contributed by atoms with E-state index in [-0.39, 0.29) is 12.5 Å². The van der Waals surface area contributed by atoms with Gasteiger partial charge in [0.15, 0.2) is 0 Å². The number of hydrogen-bond donors (Lipinski definition) is 1. The Bertz CT molecular complexity index is 773. The minimum atomic E-state index is -0.434. The first kappa shape index (κ1) is 19.1. The molecule has 0 aliphatic carbocycles. The number of ether oxygens (including phenoxy) is 2. The Labute approximate surface area is 159 Å². The lowest BCUT2D eigenvalue weighted by Crippen LogP contribution is -2.41. The van der Waals surface area contributed by atoms with Crippen LogP contribution in [0.15, 0.2) is 72.0 Å². The quantitative estimate of drug-likeness (QED) is 0.763. The van der Waals surface area contributed by atoms with Crippen molar-refractivity contribution >= 4 is 5.97 Å². The molecule has 1 aliphatic heterocycles. The molecule has 0 saturated heterocycles. The molecule has 0 spiro atoms. The molecule has 0 saturated carbocycles. The van der Waals surface area contributed by atoms with Crippen LogP contribution in [0.3, 0.4) is 0 Å². The van der Waals surface area contributed by atoms with Crippen molar-refractivity contribution in [2.24, 2.45) is 5.92 Å². The van der Waals surface area contributed by atoms with Gasteiger partial charge < -0.3 is 14.6 Å². The Balaban J connectivity index is 1.81. The Morgan fingerprint density at radius 2 is 1.70 bits per heavy atom. The number of methoxy groups -OCH3 is 1. The fourth-order valence-corrected chi connectivity index (χ4v) is 3.35. The molecule has 0 aromatic heterocycles. The summed E-state index contributed by atoms with van der Waals surface area (Å²) < 4.78 is 11.0. The maximum absolute atomic E-state index is 12.3. The molecule has 0 amide bonds. The van der Waals surface area contributed by atoms with E-state index in [1.54, 1.807) is 0 Å². The molecule has 0 fully saturated rings. The fourth-order valence-electron chi connectivity index (χ4n) is 3.35. The van der Waals surface area contributed by atoms with Crippen LogP contribution in [0.2, 0.25) is 0 Å². The van der Waals surface area contributed by atoms with Crippen molar-refractivity contribution < 1.29 is 19.4 Å². The number of esters is 1. The summed E-state index contributed by atoms with van der Waals surface area (Å²) in [5.74, 6) is -0.191. The van der Waals surface area contributed by atoms with Crippen LogP contribution in [0.25, 0.3) is 0 Å². The van der Waals surface area contributed by atoms with E-state index < -0.39 is 5.97 Å². The molecule has 2 aromatic rings. The number of nitrogens with zero attached hydrogens (tertiary/aromatic N) is 1. The number of hydrogen-bond acceptors (Lipinski definition) is 5. The van der Waals surface area contributed by atoms with Crippen LogP contribution < -0.4 is 0 Å². The van der Waals surface area contributed by atoms with Crippen LogP contribution in [0.1, 0.15) is 11.1 Å². The number of aliphatic hydroxyl groups excluding tert-OH is 1. The number of benzene rings is 2. The lowest BCUT2D eigenvalue weighted by atomic mass is 9.93. The highest BCUT2D eigenvalue weighted by molar-refractivity contribution is 5.90. The Kier molecular flexibility index (Phi) is 6.63. The number of aliphatic hydroxyl groups is 1. The molecular formula is C22H25NO4. The van der Waals surface area contributed by atoms with Crippen LogP contribution in [-0.4, -0.2) is 42.8 Å². The third kappa shape index (κ3) is 4.96. The molecular weight excluding hydrogens is 342 g/mol. The highest BCUT2D eigenvalue weighted by atomic mass is 16.5. The second kappa shape index (κ2) is 9.35. The maximum atomic E-state index is 12.3. The van der Waals surface area contributed by atoms with E-state index >= 15 is 0 Å². The van der Waals surface area contributed by atoms with Gasteiger partial charge in [0.2, 0.25) is 0 Å². The zero-order valence-electron chi connectivity index (χ0n) is 15.5. The van der Waals surface area contributed by atoms with Gasteiger partial charge in [-0.05, 0) is 11.1 Å². The predicted molar refractivity (Wildman–Crippen MR) is 103 cm³/mol. The van der Waals surface area contributed by atoms with E-state index in [9.17, 15) is 9.90 Å². The molecule has 1 unspecified atom stereocenters. The summed E-state index contributed by atoms with van der Waals surface area (Å²) in [5.41, 5.74) is 2.65. The van der Waals surface area contributed by atoms with Crippen LogP contribution in [-0.2, 0) is 27.4 Å². The summed E-state index contributed by atoms with van der Waals surface area (Å²) in [5, 5.41) is 9.87. The van der Waals surface area contributed by atoms with Crippen molar-refractivity contribution in [3.05, 3.63) is 83.1 Å². The van der Waals surface area contributed by atoms with Gasteiger partial charge >= 0.3 is 5.97 Å². The first-order chi connectivity index (χ1) is 13.2. The van der Waals surface area contributed by atoms with Crippen molar-refractivity contribution in [3.8, 4) is 0 Å². The third-order valence-electron chi connectivity index (χ3n) is 4.69. The first-order valence-corrected chi connectivity index (χ1v) is 9.06. The molecule has 1 heterocycles. The number of rotatable bonds is 7. The standard InChI is InChI=1S/C22H25NO4/c1-26-22(25)21-19(15-24)13-23(12-17-8-4-2-5-9-17)14-20(21)27-16-18-10-6-3-7-11-18/h2-11,19,24H,12-16H2,1H3. The molecule has 1 atom stereocenters. The van der Waals surface area contributed by atoms with Crippen molar-refractivity contribution in [3.63, 3.8) is 0 Å². The molecule has 2 aromatic carbocycles. The second-order valence-electron chi connectivity index (χ2n) is 6.64. The minimum absolute atomic E-state index is 0.131. The summed E-state index contributed by atoms with van der Waals surface area (Å²) in [7, 11) is 1.36. The predicted octanol–water partition coefficient (Wildman–Crippen LogP) is 2.75. The van der Waals surface area contributed by atoms with Gasteiger partial charge in [0, 0.05) is 19.0 Å². The van der Waals surface area contributed by atoms with Gasteiger partial charge in [-0.1, -0.05) is 60.7 Å². The molecule has 0 radical (unpaired) electrons. The molecule has 0 bridgehead atoms. The molecule has 1 N–H and O–H groups in total. The zero-order chi connectivity index (χ0) is 19.1. The van der Waals surface area contributed by atoms with E-state index in [2.05, 4.69) is 17.0 Å². The highest BCUT2D eigenvalue weighted by Gasteiger charge is 2.33. The summed E-state index contributed by atoms with van der Waals surface area (Å²) in [6.45, 7) is 2.04. The number of carbonyl (C=O) groups is 1. The SMILES string of the molecule is COC(=O)C1=C(OCc2ccccc2)CN(Cc2ccccc2)CC1CO. The van der Waals surface area contributed by atoms with Crippen molar-refractivity contribution in [1.29, 1.82) is 0 Å². The van der Waals surface area contributed by atoms with Gasteiger partial charge in [-0.25, -0.2) is 4.79 Å². The normalized spacial score (nSPS) is 17.6. The average molecular weight is 367 g/mol. The van der Waals surface area contributed by atoms with E-state index in [0.717, 1.165) is 12.1 Å². The Morgan fingerprint density at radius 3 is 2.30 bits per heavy atom. The topological polar surface area (TPSA) is 59.0 Å². The van der Waals surface area contributed by atoms with E-state index in [1.807, 2.05) is 48.5 Å². The molecule has 27 heavy (non-hydrogen) atoms. The van der Waals surface area contributed by atoms with Crippen molar-refractivity contribution in [2.45, 2.75) is 13.2 Å². The zero-order valence-corrected chi connectivity index (χ0v) is 15.5. The Hall–Kier alpha value is -2.63. The van der Waals surface area contributed by atoms with Crippen LogP contribution in [0.5, 0.6) is 0 Å². The Morgan fingerprint density at radius 1 is 1.07 bits per heavy atom. The molecule has 3 rings (SSSR count). The van der Waals surface area contributed by atoms with Crippen LogP contribution >= 0.6 is 0 Å². The van der Waals surface area contributed by atoms with Gasteiger partial charge in [0.25, 0.3) is 0 Å².